The molecule has 4 aliphatic rings. The number of thiazole rings is 1. The van der Waals surface area contributed by atoms with Crippen molar-refractivity contribution in [2.75, 3.05) is 54.4 Å². The van der Waals surface area contributed by atoms with Crippen LogP contribution in [0, 0.1) is 12.8 Å². The number of piperazine rings is 1. The lowest BCUT2D eigenvalue weighted by Gasteiger charge is -2.34. The lowest BCUT2D eigenvalue weighted by molar-refractivity contribution is -0.134. The Balaban J connectivity index is 0.647. The minimum atomic E-state index is -1.10. The van der Waals surface area contributed by atoms with E-state index in [1.54, 1.807) is 0 Å². The zero-order chi connectivity index (χ0) is 49.3. The first-order valence-corrected chi connectivity index (χ1v) is 26.2. The average Bonchev–Trinajstić information content (AvgIpc) is 4.02. The van der Waals surface area contributed by atoms with Gasteiger partial charge in [0.15, 0.2) is 16.4 Å². The van der Waals surface area contributed by atoms with Gasteiger partial charge in [0, 0.05) is 56.8 Å². The van der Waals surface area contributed by atoms with Crippen LogP contribution in [0.5, 0.6) is 5.75 Å². The van der Waals surface area contributed by atoms with Crippen molar-refractivity contribution in [3.8, 4) is 16.9 Å². The fourth-order valence-electron chi connectivity index (χ4n) is 11.1. The number of ether oxygens (including phenoxy) is 1. The molecule has 1 unspecified atom stereocenters. The van der Waals surface area contributed by atoms with Gasteiger partial charge in [0.1, 0.15) is 17.1 Å². The minimum Gasteiger partial charge on any atom is -0.490 e. The monoisotopic (exact) mass is 986 g/mol. The molecule has 0 spiro atoms. The summed E-state index contributed by atoms with van der Waals surface area (Å²) in [6.45, 7) is 7.71. The van der Waals surface area contributed by atoms with Crippen molar-refractivity contribution in [2.45, 2.75) is 89.7 Å². The van der Waals surface area contributed by atoms with E-state index in [1.807, 2.05) is 103 Å². The SMILES string of the molecule is Cc1c(OC2CCC(CCCCN3CCN(c4nc5cc(C6CCC(=O)NC6=O)ccc5o4)CC3)CC2)cccc1-c1ccc(N2CCc3cccc(C(=O)Nc4nc5ccccc5s4)c3C2)nc1C(=O)O. The number of carboxylic acid groups (broad SMARTS) is 1. The first kappa shape index (κ1) is 47.2. The second-order valence-electron chi connectivity index (χ2n) is 19.7. The number of piperidine rings is 1. The molecule has 16 heteroatoms. The third-order valence-corrected chi connectivity index (χ3v) is 16.1. The van der Waals surface area contributed by atoms with Crippen LogP contribution in [-0.4, -0.2) is 94.0 Å². The van der Waals surface area contributed by atoms with Gasteiger partial charge >= 0.3 is 5.97 Å². The van der Waals surface area contributed by atoms with Crippen LogP contribution in [0.3, 0.4) is 0 Å². The van der Waals surface area contributed by atoms with E-state index in [4.69, 9.17) is 19.1 Å². The molecule has 1 atom stereocenters. The minimum absolute atomic E-state index is 0.0206. The van der Waals surface area contributed by atoms with E-state index >= 15 is 0 Å². The maximum Gasteiger partial charge on any atom is 0.355 e. The Morgan fingerprint density at radius 2 is 1.65 bits per heavy atom. The average molecular weight is 987 g/mol. The number of carboxylic acids is 1. The molecule has 4 aromatic carbocycles. The maximum atomic E-state index is 13.7. The first-order valence-electron chi connectivity index (χ1n) is 25.4. The summed E-state index contributed by atoms with van der Waals surface area (Å²) in [5.74, 6) is -0.137. The van der Waals surface area contributed by atoms with Gasteiger partial charge in [-0.15, -0.1) is 0 Å². The van der Waals surface area contributed by atoms with Crippen LogP contribution in [0.1, 0.15) is 107 Å². The van der Waals surface area contributed by atoms with E-state index in [1.165, 1.54) is 30.6 Å². The van der Waals surface area contributed by atoms with Crippen molar-refractivity contribution in [1.82, 2.24) is 25.2 Å². The summed E-state index contributed by atoms with van der Waals surface area (Å²) < 4.78 is 13.8. The second-order valence-corrected chi connectivity index (χ2v) is 20.7. The van der Waals surface area contributed by atoms with Crippen LogP contribution < -0.4 is 25.2 Å². The summed E-state index contributed by atoms with van der Waals surface area (Å²) in [7, 11) is 0. The van der Waals surface area contributed by atoms with Gasteiger partial charge in [0.2, 0.25) is 11.8 Å². The number of carbonyl (C=O) groups is 4. The lowest BCUT2D eigenvalue weighted by Crippen LogP contribution is -2.46. The Hall–Kier alpha value is -7.17. The number of rotatable bonds is 14. The quantitative estimate of drug-likeness (QED) is 0.0692. The number of para-hydroxylation sites is 1. The van der Waals surface area contributed by atoms with Crippen molar-refractivity contribution < 1.29 is 33.4 Å². The molecule has 3 amide bonds. The largest absolute Gasteiger partial charge is 0.490 e. The van der Waals surface area contributed by atoms with Crippen LogP contribution >= 0.6 is 11.3 Å². The number of fused-ring (bicyclic) bond motifs is 3. The molecule has 3 N–H and O–H groups in total. The highest BCUT2D eigenvalue weighted by molar-refractivity contribution is 7.22. The zero-order valence-electron chi connectivity index (χ0n) is 40.4. The first-order chi connectivity index (χ1) is 35.1. The van der Waals surface area contributed by atoms with Crippen LogP contribution in [0.4, 0.5) is 17.0 Å². The topological polar surface area (TPSA) is 183 Å². The van der Waals surface area contributed by atoms with E-state index in [-0.39, 0.29) is 35.4 Å². The molecule has 3 aromatic heterocycles. The number of carbonyl (C=O) groups excluding carboxylic acids is 3. The number of nitrogens with one attached hydrogen (secondary N) is 2. The molecule has 1 saturated carbocycles. The summed E-state index contributed by atoms with van der Waals surface area (Å²) in [5, 5.41) is 16.5. The van der Waals surface area contributed by atoms with Gasteiger partial charge in [-0.05, 0) is 141 Å². The lowest BCUT2D eigenvalue weighted by atomic mass is 9.84. The molecule has 15 nitrogen and oxygen atoms in total. The smallest absolute Gasteiger partial charge is 0.355 e. The van der Waals surface area contributed by atoms with Gasteiger partial charge in [0.05, 0.1) is 22.2 Å². The van der Waals surface area contributed by atoms with Crippen molar-refractivity contribution in [3.05, 3.63) is 125 Å². The molecular weight excluding hydrogens is 929 g/mol. The normalized spacial score (nSPS) is 19.6. The standard InChI is InChI=1S/C56H58N8O7S/c1-34-39(41-20-23-49(59-51(41)54(68)69)64-27-25-36-9-6-11-42(43(36)33-64)53(67)61-55-57-44-12-2-3-14-48(44)72-55)10-7-13-46(34)70-38-18-15-35(16-19-38)8-4-5-26-62-28-30-63(31-29-62)56-58-45-32-37(17-22-47(45)71-56)40-21-24-50(65)60-52(40)66/h2-3,6-7,9-14,17,20,22-23,32,35,38,40H,4-5,8,15-16,18-19,21,24-31,33H2,1H3,(H,68,69)(H,57,61,67)(H,60,65,66). The number of pyridine rings is 1. The summed E-state index contributed by atoms with van der Waals surface area (Å²) in [5.41, 5.74) is 7.87. The Morgan fingerprint density at radius 3 is 2.47 bits per heavy atom. The number of anilines is 3. The van der Waals surface area contributed by atoms with Crippen molar-refractivity contribution >= 4 is 73.3 Å². The Morgan fingerprint density at radius 1 is 0.819 bits per heavy atom. The number of unbranched alkanes of at least 4 members (excludes halogenated alkanes) is 1. The number of amides is 3. The van der Waals surface area contributed by atoms with Gasteiger partial charge in [-0.25, -0.2) is 14.8 Å². The fourth-order valence-corrected chi connectivity index (χ4v) is 11.9. The van der Waals surface area contributed by atoms with Crippen molar-refractivity contribution in [2.24, 2.45) is 5.92 Å². The third kappa shape index (κ3) is 10.0. The van der Waals surface area contributed by atoms with Gasteiger partial charge in [-0.1, -0.05) is 66.6 Å². The molecule has 370 valence electrons. The molecule has 7 aromatic rings. The summed E-state index contributed by atoms with van der Waals surface area (Å²) in [4.78, 5) is 71.5. The van der Waals surface area contributed by atoms with Crippen LogP contribution in [-0.2, 0) is 22.6 Å². The molecule has 1 aliphatic carbocycles. The summed E-state index contributed by atoms with van der Waals surface area (Å²) >= 11 is 1.44. The second kappa shape index (κ2) is 20.5. The highest BCUT2D eigenvalue weighted by Crippen LogP contribution is 2.38. The van der Waals surface area contributed by atoms with Crippen LogP contribution in [0.2, 0.25) is 0 Å². The number of imide groups is 1. The highest BCUT2D eigenvalue weighted by Gasteiger charge is 2.30. The Kier molecular flexibility index (Phi) is 13.4. The Labute approximate surface area is 421 Å². The number of aromatic carboxylic acids is 1. The van der Waals surface area contributed by atoms with Gasteiger partial charge in [-0.2, -0.15) is 4.98 Å². The molecule has 3 aliphatic heterocycles. The van der Waals surface area contributed by atoms with E-state index in [9.17, 15) is 24.3 Å². The number of oxazole rings is 1. The molecule has 3 fully saturated rings. The van der Waals surface area contributed by atoms with E-state index < -0.39 is 5.97 Å². The number of aromatic nitrogens is 3. The van der Waals surface area contributed by atoms with Gasteiger partial charge in [-0.3, -0.25) is 29.9 Å². The maximum absolute atomic E-state index is 13.7. The zero-order valence-corrected chi connectivity index (χ0v) is 41.2. The van der Waals surface area contributed by atoms with E-state index in [0.29, 0.717) is 71.9 Å². The van der Waals surface area contributed by atoms with Crippen molar-refractivity contribution in [1.29, 1.82) is 0 Å². The number of hydrogen-bond acceptors (Lipinski definition) is 13. The fraction of sp³-hybridized carbons (Fsp3) is 0.375. The summed E-state index contributed by atoms with van der Waals surface area (Å²) in [6.07, 6.45) is 9.47. The van der Waals surface area contributed by atoms with Crippen LogP contribution in [0.15, 0.2) is 95.4 Å². The van der Waals surface area contributed by atoms with E-state index in [2.05, 4.69) is 25.4 Å². The molecule has 11 rings (SSSR count). The summed E-state index contributed by atoms with van der Waals surface area (Å²) in [6, 6.07) is 29.5. The molecule has 0 radical (unpaired) electrons. The molecule has 72 heavy (non-hydrogen) atoms. The molecule has 2 saturated heterocycles. The third-order valence-electron chi connectivity index (χ3n) is 15.1. The number of benzene rings is 4. The predicted octanol–water partition coefficient (Wildman–Crippen LogP) is 9.77. The predicted molar refractivity (Wildman–Crippen MR) is 278 cm³/mol. The highest BCUT2D eigenvalue weighted by atomic mass is 32.1. The number of nitrogens with zero attached hydrogens (tertiary/aromatic N) is 6. The van der Waals surface area contributed by atoms with Gasteiger partial charge in [0.25, 0.3) is 11.9 Å². The molecular formula is C56H58N8O7S. The Bertz CT molecular complexity index is 3160. The van der Waals surface area contributed by atoms with E-state index in [0.717, 1.165) is 108 Å². The number of hydrogen-bond donors (Lipinski definition) is 3. The molecule has 0 bridgehead atoms. The molecule has 6 heterocycles. The van der Waals surface area contributed by atoms with Gasteiger partial charge < -0.3 is 24.1 Å². The van der Waals surface area contributed by atoms with Crippen molar-refractivity contribution in [3.63, 3.8) is 0 Å². The van der Waals surface area contributed by atoms with Crippen LogP contribution in [0.25, 0.3) is 32.4 Å².